The fourth-order valence-electron chi connectivity index (χ4n) is 2.56. The summed E-state index contributed by atoms with van der Waals surface area (Å²) >= 11 is 0. The molecule has 0 saturated heterocycles. The van der Waals surface area contributed by atoms with Crippen LogP contribution in [0.2, 0.25) is 0 Å². The van der Waals surface area contributed by atoms with Crippen LogP contribution in [0, 0.1) is 0 Å². The summed E-state index contributed by atoms with van der Waals surface area (Å²) in [5.74, 6) is -0.365. The Balaban J connectivity index is 1.60. The number of carbonyl (C=O) groups excluding carboxylic acids is 1. The molecular formula is C16H17N3O4S. The molecule has 0 spiro atoms. The van der Waals surface area contributed by atoms with Crippen molar-refractivity contribution in [3.8, 4) is 6.01 Å². The molecule has 8 heteroatoms. The van der Waals surface area contributed by atoms with Crippen molar-refractivity contribution in [3.63, 3.8) is 0 Å². The molecule has 1 aromatic heterocycles. The second-order valence-electron chi connectivity index (χ2n) is 5.55. The van der Waals surface area contributed by atoms with Crippen molar-refractivity contribution in [2.75, 3.05) is 7.11 Å². The highest BCUT2D eigenvalue weighted by atomic mass is 32.2. The monoisotopic (exact) mass is 347 g/mol. The van der Waals surface area contributed by atoms with Crippen LogP contribution in [0.25, 0.3) is 0 Å². The zero-order valence-electron chi connectivity index (χ0n) is 13.0. The first-order chi connectivity index (χ1) is 11.5. The van der Waals surface area contributed by atoms with Crippen molar-refractivity contribution in [1.82, 2.24) is 15.3 Å². The molecular weight excluding hydrogens is 330 g/mol. The highest BCUT2D eigenvalue weighted by molar-refractivity contribution is 7.92. The van der Waals surface area contributed by atoms with Gasteiger partial charge >= 0.3 is 6.01 Å². The first-order valence-electron chi connectivity index (χ1n) is 7.47. The van der Waals surface area contributed by atoms with Crippen LogP contribution in [-0.4, -0.2) is 42.7 Å². The van der Waals surface area contributed by atoms with Gasteiger partial charge in [-0.1, -0.05) is 18.2 Å². The Labute approximate surface area is 140 Å². The number of amides is 1. The Bertz CT molecular complexity index is 833. The number of hydrogen-bond acceptors (Lipinski definition) is 6. The molecule has 1 N–H and O–H groups in total. The third-order valence-electron chi connectivity index (χ3n) is 3.99. The Morgan fingerprint density at radius 3 is 2.58 bits per heavy atom. The summed E-state index contributed by atoms with van der Waals surface area (Å²) in [5.41, 5.74) is 0.191. The normalized spacial score (nSPS) is 20.0. The molecule has 0 aliphatic heterocycles. The van der Waals surface area contributed by atoms with Crippen molar-refractivity contribution in [2.24, 2.45) is 0 Å². The molecule has 1 aliphatic carbocycles. The van der Waals surface area contributed by atoms with Crippen LogP contribution in [0.5, 0.6) is 6.01 Å². The molecule has 1 aliphatic rings. The molecule has 0 radical (unpaired) electrons. The zero-order chi connectivity index (χ0) is 17.2. The standard InChI is InChI=1S/C16H17N3O4S/c1-23-16-17-8-7-14(19-16)15(20)18-11-9-13(10-11)24(21,22)12-5-3-2-4-6-12/h2-8,11,13H,9-10H2,1H3,(H,18,20). The van der Waals surface area contributed by atoms with Crippen molar-refractivity contribution in [1.29, 1.82) is 0 Å². The molecule has 1 amide bonds. The van der Waals surface area contributed by atoms with E-state index in [0.717, 1.165) is 0 Å². The van der Waals surface area contributed by atoms with Crippen LogP contribution < -0.4 is 10.1 Å². The van der Waals surface area contributed by atoms with Crippen LogP contribution in [-0.2, 0) is 9.84 Å². The van der Waals surface area contributed by atoms with Crippen molar-refractivity contribution in [3.05, 3.63) is 48.3 Å². The van der Waals surface area contributed by atoms with Gasteiger partial charge in [0.25, 0.3) is 5.91 Å². The Kier molecular flexibility index (Phi) is 4.48. The van der Waals surface area contributed by atoms with E-state index in [1.54, 1.807) is 30.3 Å². The van der Waals surface area contributed by atoms with Gasteiger partial charge in [0.1, 0.15) is 5.69 Å². The summed E-state index contributed by atoms with van der Waals surface area (Å²) in [6, 6.07) is 9.78. The predicted octanol–water partition coefficient (Wildman–Crippen LogP) is 1.22. The minimum atomic E-state index is -3.34. The molecule has 1 aromatic carbocycles. The van der Waals surface area contributed by atoms with E-state index in [2.05, 4.69) is 15.3 Å². The van der Waals surface area contributed by atoms with E-state index < -0.39 is 15.1 Å². The fourth-order valence-corrected chi connectivity index (χ4v) is 4.46. The maximum absolute atomic E-state index is 12.4. The van der Waals surface area contributed by atoms with Gasteiger partial charge in [-0.05, 0) is 31.0 Å². The van der Waals surface area contributed by atoms with Crippen LogP contribution >= 0.6 is 0 Å². The molecule has 1 heterocycles. The van der Waals surface area contributed by atoms with Gasteiger partial charge in [0.2, 0.25) is 0 Å². The average molecular weight is 347 g/mol. The van der Waals surface area contributed by atoms with Gasteiger partial charge in [-0.15, -0.1) is 0 Å². The summed E-state index contributed by atoms with van der Waals surface area (Å²) in [4.78, 5) is 20.2. The molecule has 1 saturated carbocycles. The number of hydrogen-bond donors (Lipinski definition) is 1. The van der Waals surface area contributed by atoms with Gasteiger partial charge in [-0.25, -0.2) is 13.4 Å². The van der Waals surface area contributed by atoms with E-state index in [1.807, 2.05) is 0 Å². The molecule has 2 aromatic rings. The summed E-state index contributed by atoms with van der Waals surface area (Å²) < 4.78 is 29.8. The Morgan fingerprint density at radius 2 is 1.92 bits per heavy atom. The lowest BCUT2D eigenvalue weighted by Crippen LogP contribution is -2.49. The van der Waals surface area contributed by atoms with E-state index in [4.69, 9.17) is 4.74 Å². The van der Waals surface area contributed by atoms with E-state index in [0.29, 0.717) is 17.7 Å². The molecule has 0 unspecified atom stereocenters. The molecule has 0 atom stereocenters. The minimum absolute atomic E-state index is 0.112. The SMILES string of the molecule is COc1nccc(C(=O)NC2CC(S(=O)(=O)c3ccccc3)C2)n1. The van der Waals surface area contributed by atoms with Gasteiger partial charge in [-0.3, -0.25) is 4.79 Å². The van der Waals surface area contributed by atoms with Crippen LogP contribution in [0.1, 0.15) is 23.3 Å². The first kappa shape index (κ1) is 16.4. The number of benzene rings is 1. The summed E-state index contributed by atoms with van der Waals surface area (Å²) in [7, 11) is -1.92. The lowest BCUT2D eigenvalue weighted by atomic mass is 9.92. The molecule has 0 bridgehead atoms. The largest absolute Gasteiger partial charge is 0.467 e. The number of aromatic nitrogens is 2. The van der Waals surface area contributed by atoms with Crippen molar-refractivity contribution >= 4 is 15.7 Å². The lowest BCUT2D eigenvalue weighted by molar-refractivity contribution is 0.0911. The minimum Gasteiger partial charge on any atom is -0.467 e. The quantitative estimate of drug-likeness (QED) is 0.873. The van der Waals surface area contributed by atoms with E-state index >= 15 is 0 Å². The summed E-state index contributed by atoms with van der Waals surface area (Å²) in [6.07, 6.45) is 2.22. The highest BCUT2D eigenvalue weighted by Gasteiger charge is 2.40. The van der Waals surface area contributed by atoms with Crippen LogP contribution in [0.4, 0.5) is 0 Å². The number of nitrogens with zero attached hydrogens (tertiary/aromatic N) is 2. The van der Waals surface area contributed by atoms with Gasteiger partial charge in [0.15, 0.2) is 9.84 Å². The number of sulfone groups is 1. The van der Waals surface area contributed by atoms with Gasteiger partial charge in [0.05, 0.1) is 17.3 Å². The molecule has 3 rings (SSSR count). The Hall–Kier alpha value is -2.48. The van der Waals surface area contributed by atoms with Crippen LogP contribution in [0.3, 0.4) is 0 Å². The maximum Gasteiger partial charge on any atom is 0.316 e. The number of ether oxygens (including phenoxy) is 1. The Morgan fingerprint density at radius 1 is 1.21 bits per heavy atom. The number of methoxy groups -OCH3 is 1. The summed E-state index contributed by atoms with van der Waals surface area (Å²) in [5, 5.41) is 2.32. The number of rotatable bonds is 5. The number of nitrogens with one attached hydrogen (secondary N) is 1. The van der Waals surface area contributed by atoms with Gasteiger partial charge in [-0.2, -0.15) is 4.98 Å². The third kappa shape index (κ3) is 3.23. The van der Waals surface area contributed by atoms with E-state index in [-0.39, 0.29) is 23.7 Å². The highest BCUT2D eigenvalue weighted by Crippen LogP contribution is 2.31. The maximum atomic E-state index is 12.4. The van der Waals surface area contributed by atoms with Crippen molar-refractivity contribution in [2.45, 2.75) is 29.0 Å². The molecule has 7 nitrogen and oxygen atoms in total. The van der Waals surface area contributed by atoms with Crippen molar-refractivity contribution < 1.29 is 17.9 Å². The van der Waals surface area contributed by atoms with Crippen LogP contribution in [0.15, 0.2) is 47.5 Å². The smallest absolute Gasteiger partial charge is 0.316 e. The summed E-state index contributed by atoms with van der Waals surface area (Å²) in [6.45, 7) is 0. The van der Waals surface area contributed by atoms with Gasteiger partial charge < -0.3 is 10.1 Å². The van der Waals surface area contributed by atoms with E-state index in [9.17, 15) is 13.2 Å². The van der Waals surface area contributed by atoms with Gasteiger partial charge in [0, 0.05) is 12.2 Å². The molecule has 126 valence electrons. The first-order valence-corrected chi connectivity index (χ1v) is 9.02. The third-order valence-corrected chi connectivity index (χ3v) is 6.18. The van der Waals surface area contributed by atoms with E-state index in [1.165, 1.54) is 19.4 Å². The zero-order valence-corrected chi connectivity index (χ0v) is 13.9. The fraction of sp³-hybridized carbons (Fsp3) is 0.312. The average Bonchev–Trinajstić information content (AvgIpc) is 2.58. The second kappa shape index (κ2) is 6.56. The second-order valence-corrected chi connectivity index (χ2v) is 7.78. The topological polar surface area (TPSA) is 98.2 Å². The molecule has 1 fully saturated rings. The lowest BCUT2D eigenvalue weighted by Gasteiger charge is -2.35. The molecule has 24 heavy (non-hydrogen) atoms. The predicted molar refractivity (Wildman–Crippen MR) is 86.5 cm³/mol. The number of carbonyl (C=O) groups is 1.